The SMILES string of the molecule is COc1ccc(O)cc1OCC1CCN(C(=O)OC(C)(C)C)CC1. The van der Waals surface area contributed by atoms with Crippen LogP contribution in [0.15, 0.2) is 18.2 Å². The van der Waals surface area contributed by atoms with Crippen molar-refractivity contribution in [1.82, 2.24) is 4.90 Å². The van der Waals surface area contributed by atoms with Crippen LogP contribution >= 0.6 is 0 Å². The minimum Gasteiger partial charge on any atom is -0.508 e. The van der Waals surface area contributed by atoms with Crippen molar-refractivity contribution in [2.45, 2.75) is 39.2 Å². The van der Waals surface area contributed by atoms with E-state index in [2.05, 4.69) is 0 Å². The maximum atomic E-state index is 12.0. The molecular weight excluding hydrogens is 310 g/mol. The molecule has 0 spiro atoms. The highest BCUT2D eigenvalue weighted by Crippen LogP contribution is 2.31. The highest BCUT2D eigenvalue weighted by Gasteiger charge is 2.27. The molecule has 2 rings (SSSR count). The van der Waals surface area contributed by atoms with E-state index in [9.17, 15) is 9.90 Å². The van der Waals surface area contributed by atoms with Crippen LogP contribution in [0.3, 0.4) is 0 Å². The van der Waals surface area contributed by atoms with Gasteiger partial charge in [-0.2, -0.15) is 0 Å². The highest BCUT2D eigenvalue weighted by atomic mass is 16.6. The zero-order chi connectivity index (χ0) is 17.7. The molecule has 1 amide bonds. The van der Waals surface area contributed by atoms with E-state index < -0.39 is 5.60 Å². The third-order valence-corrected chi connectivity index (χ3v) is 3.89. The second kappa shape index (κ2) is 7.64. The number of rotatable bonds is 4. The van der Waals surface area contributed by atoms with Crippen molar-refractivity contribution in [3.63, 3.8) is 0 Å². The lowest BCUT2D eigenvalue weighted by atomic mass is 9.98. The van der Waals surface area contributed by atoms with Crippen molar-refractivity contribution in [1.29, 1.82) is 0 Å². The fourth-order valence-corrected chi connectivity index (χ4v) is 2.59. The first-order valence-corrected chi connectivity index (χ1v) is 8.26. The van der Waals surface area contributed by atoms with Gasteiger partial charge in [-0.25, -0.2) is 4.79 Å². The number of aromatic hydroxyl groups is 1. The van der Waals surface area contributed by atoms with Crippen molar-refractivity contribution in [2.24, 2.45) is 5.92 Å². The van der Waals surface area contributed by atoms with Crippen molar-refractivity contribution >= 4 is 6.09 Å². The summed E-state index contributed by atoms with van der Waals surface area (Å²) in [4.78, 5) is 13.8. The van der Waals surface area contributed by atoms with Crippen LogP contribution in [0.25, 0.3) is 0 Å². The number of piperidine rings is 1. The highest BCUT2D eigenvalue weighted by molar-refractivity contribution is 5.68. The minimum absolute atomic E-state index is 0.144. The van der Waals surface area contributed by atoms with Crippen LogP contribution < -0.4 is 9.47 Å². The number of ether oxygens (including phenoxy) is 3. The number of hydrogen-bond acceptors (Lipinski definition) is 5. The first kappa shape index (κ1) is 18.2. The molecule has 1 N–H and O–H groups in total. The van der Waals surface area contributed by atoms with Gasteiger partial charge in [-0.3, -0.25) is 0 Å². The maximum absolute atomic E-state index is 12.0. The van der Waals surface area contributed by atoms with Gasteiger partial charge in [-0.15, -0.1) is 0 Å². The number of hydrogen-bond donors (Lipinski definition) is 1. The first-order valence-electron chi connectivity index (χ1n) is 8.26. The Morgan fingerprint density at radius 1 is 1.25 bits per heavy atom. The molecule has 0 saturated carbocycles. The number of benzene rings is 1. The molecule has 0 atom stereocenters. The lowest BCUT2D eigenvalue weighted by molar-refractivity contribution is 0.0164. The third-order valence-electron chi connectivity index (χ3n) is 3.89. The van der Waals surface area contributed by atoms with Gasteiger partial charge in [0.15, 0.2) is 11.5 Å². The van der Waals surface area contributed by atoms with E-state index in [0.717, 1.165) is 12.8 Å². The van der Waals surface area contributed by atoms with Gasteiger partial charge in [0.2, 0.25) is 0 Å². The molecule has 1 heterocycles. The molecule has 1 aromatic rings. The number of phenols is 1. The molecule has 24 heavy (non-hydrogen) atoms. The van der Waals surface area contributed by atoms with E-state index in [0.29, 0.717) is 37.1 Å². The van der Waals surface area contributed by atoms with E-state index in [1.54, 1.807) is 30.2 Å². The minimum atomic E-state index is -0.469. The van der Waals surface area contributed by atoms with Gasteiger partial charge >= 0.3 is 6.09 Å². The monoisotopic (exact) mass is 337 g/mol. The molecule has 1 aliphatic heterocycles. The largest absolute Gasteiger partial charge is 0.508 e. The normalized spacial score (nSPS) is 15.9. The lowest BCUT2D eigenvalue weighted by Crippen LogP contribution is -2.42. The standard InChI is InChI=1S/C18H27NO5/c1-18(2,3)24-17(21)19-9-7-13(8-10-19)12-23-16-11-14(20)5-6-15(16)22-4/h5-6,11,13,20H,7-10,12H2,1-4H3. The van der Waals surface area contributed by atoms with Gasteiger partial charge in [0.05, 0.1) is 13.7 Å². The number of carbonyl (C=O) groups is 1. The van der Waals surface area contributed by atoms with E-state index in [1.807, 2.05) is 20.8 Å². The van der Waals surface area contributed by atoms with Gasteiger partial charge in [-0.05, 0) is 51.7 Å². The van der Waals surface area contributed by atoms with Crippen LogP contribution in [-0.2, 0) is 4.74 Å². The summed E-state index contributed by atoms with van der Waals surface area (Å²) in [5.74, 6) is 1.63. The Morgan fingerprint density at radius 3 is 2.50 bits per heavy atom. The molecular formula is C18H27NO5. The fourth-order valence-electron chi connectivity index (χ4n) is 2.59. The summed E-state index contributed by atoms with van der Waals surface area (Å²) in [6, 6.07) is 4.79. The van der Waals surface area contributed by atoms with Gasteiger partial charge < -0.3 is 24.2 Å². The summed E-state index contributed by atoms with van der Waals surface area (Å²) in [6.45, 7) is 7.47. The average molecular weight is 337 g/mol. The second-order valence-electron chi connectivity index (χ2n) is 7.06. The predicted octanol–water partition coefficient (Wildman–Crippen LogP) is 3.43. The number of phenolic OH excluding ortho intramolecular Hbond substituents is 1. The maximum Gasteiger partial charge on any atom is 0.410 e. The van der Waals surface area contributed by atoms with Crippen molar-refractivity contribution in [3.05, 3.63) is 18.2 Å². The zero-order valence-corrected chi connectivity index (χ0v) is 14.9. The lowest BCUT2D eigenvalue weighted by Gasteiger charge is -2.33. The molecule has 0 aromatic heterocycles. The van der Waals surface area contributed by atoms with E-state index in [1.165, 1.54) is 0 Å². The average Bonchev–Trinajstić information content (AvgIpc) is 2.52. The van der Waals surface area contributed by atoms with Crippen LogP contribution in [0.1, 0.15) is 33.6 Å². The Labute approximate surface area is 143 Å². The second-order valence-corrected chi connectivity index (χ2v) is 7.06. The number of carbonyl (C=O) groups excluding carboxylic acids is 1. The molecule has 0 radical (unpaired) electrons. The first-order chi connectivity index (χ1) is 11.3. The number of methoxy groups -OCH3 is 1. The molecule has 1 aliphatic rings. The van der Waals surface area contributed by atoms with Gasteiger partial charge in [-0.1, -0.05) is 0 Å². The molecule has 0 unspecified atom stereocenters. The zero-order valence-electron chi connectivity index (χ0n) is 14.9. The van der Waals surface area contributed by atoms with E-state index in [4.69, 9.17) is 14.2 Å². The van der Waals surface area contributed by atoms with Gasteiger partial charge in [0.25, 0.3) is 0 Å². The molecule has 1 fully saturated rings. The Balaban J connectivity index is 1.81. The molecule has 0 bridgehead atoms. The van der Waals surface area contributed by atoms with Gasteiger partial charge in [0.1, 0.15) is 11.4 Å². The number of likely N-dealkylation sites (tertiary alicyclic amines) is 1. The Hall–Kier alpha value is -2.11. The summed E-state index contributed by atoms with van der Waals surface area (Å²) >= 11 is 0. The summed E-state index contributed by atoms with van der Waals surface area (Å²) in [5.41, 5.74) is -0.469. The molecule has 0 aliphatic carbocycles. The van der Waals surface area contributed by atoms with E-state index >= 15 is 0 Å². The summed E-state index contributed by atoms with van der Waals surface area (Å²) in [6.07, 6.45) is 1.47. The molecule has 1 saturated heterocycles. The fraction of sp³-hybridized carbons (Fsp3) is 0.611. The summed E-state index contributed by atoms with van der Waals surface area (Å²) < 4.78 is 16.4. The Bertz CT molecular complexity index is 559. The summed E-state index contributed by atoms with van der Waals surface area (Å²) in [7, 11) is 1.57. The molecule has 6 nitrogen and oxygen atoms in total. The molecule has 6 heteroatoms. The number of amides is 1. The Kier molecular flexibility index (Phi) is 5.80. The quantitative estimate of drug-likeness (QED) is 0.912. The smallest absolute Gasteiger partial charge is 0.410 e. The van der Waals surface area contributed by atoms with Crippen molar-refractivity contribution in [3.8, 4) is 17.2 Å². The van der Waals surface area contributed by atoms with Crippen LogP contribution in [-0.4, -0.2) is 48.5 Å². The van der Waals surface area contributed by atoms with E-state index in [-0.39, 0.29) is 11.8 Å². The van der Waals surface area contributed by atoms with Crippen LogP contribution in [0.4, 0.5) is 4.79 Å². The predicted molar refractivity (Wildman–Crippen MR) is 90.7 cm³/mol. The van der Waals surface area contributed by atoms with Gasteiger partial charge in [0, 0.05) is 19.2 Å². The Morgan fingerprint density at radius 2 is 1.92 bits per heavy atom. The molecule has 134 valence electrons. The van der Waals surface area contributed by atoms with Crippen molar-refractivity contribution in [2.75, 3.05) is 26.8 Å². The van der Waals surface area contributed by atoms with Crippen LogP contribution in [0.2, 0.25) is 0 Å². The van der Waals surface area contributed by atoms with Crippen molar-refractivity contribution < 1.29 is 24.1 Å². The van der Waals surface area contributed by atoms with Crippen LogP contribution in [0.5, 0.6) is 17.2 Å². The number of nitrogens with zero attached hydrogens (tertiary/aromatic N) is 1. The summed E-state index contributed by atoms with van der Waals surface area (Å²) in [5, 5.41) is 9.57. The topological polar surface area (TPSA) is 68.2 Å². The third kappa shape index (κ3) is 5.22. The van der Waals surface area contributed by atoms with Crippen LogP contribution in [0, 0.1) is 5.92 Å². The molecule has 1 aromatic carbocycles.